The quantitative estimate of drug-likeness (QED) is 0.790. The molecule has 2 aromatic rings. The summed E-state index contributed by atoms with van der Waals surface area (Å²) >= 11 is 13.7. The second-order valence-electron chi connectivity index (χ2n) is 6.23. The van der Waals surface area contributed by atoms with Crippen molar-refractivity contribution in [1.82, 2.24) is 9.97 Å². The summed E-state index contributed by atoms with van der Waals surface area (Å²) < 4.78 is 0.704. The standard InChI is InChI=1S/C16H14Cl2N4S/c17-11-3-10(6-20-7-11)16(9-19)4-12-1-2-13(5-16)22(12)15-21-8-14(18)23-15/h3,6-8,12-13H,1-2,4-5H2. The molecule has 4 nitrogen and oxygen atoms in total. The normalized spacial score (nSPS) is 29.5. The highest BCUT2D eigenvalue weighted by Gasteiger charge is 2.50. The molecule has 2 aliphatic heterocycles. The van der Waals surface area contributed by atoms with E-state index in [0.717, 1.165) is 36.4 Å². The molecule has 2 bridgehead atoms. The summed E-state index contributed by atoms with van der Waals surface area (Å²) in [6, 6.07) is 5.08. The van der Waals surface area contributed by atoms with Crippen LogP contribution in [0.25, 0.3) is 0 Å². The van der Waals surface area contributed by atoms with Gasteiger partial charge in [0.05, 0.1) is 22.7 Å². The molecule has 2 aliphatic rings. The number of pyridine rings is 1. The van der Waals surface area contributed by atoms with Gasteiger partial charge >= 0.3 is 0 Å². The lowest BCUT2D eigenvalue weighted by Crippen LogP contribution is -2.49. The Morgan fingerprint density at radius 2 is 1.96 bits per heavy atom. The molecule has 4 heterocycles. The highest BCUT2D eigenvalue weighted by atomic mass is 35.5. The van der Waals surface area contributed by atoms with Crippen LogP contribution in [0.5, 0.6) is 0 Å². The van der Waals surface area contributed by atoms with Crippen molar-refractivity contribution in [2.24, 2.45) is 0 Å². The van der Waals surface area contributed by atoms with Gasteiger partial charge < -0.3 is 4.90 Å². The van der Waals surface area contributed by atoms with E-state index in [4.69, 9.17) is 23.2 Å². The lowest BCUT2D eigenvalue weighted by molar-refractivity contribution is 0.345. The van der Waals surface area contributed by atoms with E-state index in [2.05, 4.69) is 20.9 Å². The summed E-state index contributed by atoms with van der Waals surface area (Å²) in [4.78, 5) is 11.0. The van der Waals surface area contributed by atoms with Crippen LogP contribution in [0.4, 0.5) is 5.13 Å². The zero-order chi connectivity index (χ0) is 16.0. The minimum atomic E-state index is -0.513. The van der Waals surface area contributed by atoms with E-state index in [9.17, 15) is 5.26 Å². The van der Waals surface area contributed by atoms with Gasteiger partial charge in [-0.1, -0.05) is 34.5 Å². The van der Waals surface area contributed by atoms with Gasteiger partial charge in [-0.3, -0.25) is 4.98 Å². The lowest BCUT2D eigenvalue weighted by Gasteiger charge is -2.43. The molecule has 2 unspecified atom stereocenters. The van der Waals surface area contributed by atoms with Gasteiger partial charge in [-0.05, 0) is 37.3 Å². The van der Waals surface area contributed by atoms with Crippen LogP contribution in [0.1, 0.15) is 31.2 Å². The number of hydrogen-bond acceptors (Lipinski definition) is 5. The van der Waals surface area contributed by atoms with Gasteiger partial charge in [0.1, 0.15) is 4.34 Å². The minimum absolute atomic E-state index is 0.314. The summed E-state index contributed by atoms with van der Waals surface area (Å²) in [5.74, 6) is 0. The van der Waals surface area contributed by atoms with E-state index in [1.54, 1.807) is 18.6 Å². The van der Waals surface area contributed by atoms with E-state index in [-0.39, 0.29) is 0 Å². The minimum Gasteiger partial charge on any atom is -0.342 e. The number of fused-ring (bicyclic) bond motifs is 2. The molecule has 2 aromatic heterocycles. The second-order valence-corrected chi connectivity index (χ2v) is 8.31. The van der Waals surface area contributed by atoms with E-state index < -0.39 is 5.41 Å². The van der Waals surface area contributed by atoms with Crippen LogP contribution in [-0.2, 0) is 5.41 Å². The molecular weight excluding hydrogens is 351 g/mol. The first-order valence-corrected chi connectivity index (χ1v) is 9.10. The molecule has 23 heavy (non-hydrogen) atoms. The number of rotatable bonds is 2. The van der Waals surface area contributed by atoms with Crippen LogP contribution in [0.15, 0.2) is 24.7 Å². The number of anilines is 1. The number of hydrogen-bond donors (Lipinski definition) is 0. The van der Waals surface area contributed by atoms with Crippen molar-refractivity contribution < 1.29 is 0 Å². The summed E-state index contributed by atoms with van der Waals surface area (Å²) in [5, 5.41) is 11.5. The smallest absolute Gasteiger partial charge is 0.187 e. The molecule has 0 radical (unpaired) electrons. The van der Waals surface area contributed by atoms with Crippen molar-refractivity contribution in [1.29, 1.82) is 5.26 Å². The fraction of sp³-hybridized carbons (Fsp3) is 0.438. The van der Waals surface area contributed by atoms with Gasteiger partial charge in [0, 0.05) is 24.5 Å². The van der Waals surface area contributed by atoms with Gasteiger partial charge in [0.2, 0.25) is 0 Å². The second kappa shape index (κ2) is 5.62. The molecule has 0 N–H and O–H groups in total. The Bertz CT molecular complexity index is 770. The SMILES string of the molecule is N#CC1(c2cncc(Cl)c2)CC2CCC(C1)N2c1ncc(Cl)s1. The first kappa shape index (κ1) is 15.2. The maximum absolute atomic E-state index is 9.94. The highest BCUT2D eigenvalue weighted by Crippen LogP contribution is 2.49. The monoisotopic (exact) mass is 364 g/mol. The Balaban J connectivity index is 1.69. The van der Waals surface area contributed by atoms with Gasteiger partial charge in [0.25, 0.3) is 0 Å². The number of thiazole rings is 1. The number of aromatic nitrogens is 2. The molecule has 4 rings (SSSR count). The lowest BCUT2D eigenvalue weighted by atomic mass is 9.71. The van der Waals surface area contributed by atoms with Gasteiger partial charge in [-0.25, -0.2) is 4.98 Å². The third kappa shape index (κ3) is 2.50. The molecule has 0 aliphatic carbocycles. The Morgan fingerprint density at radius 3 is 2.52 bits per heavy atom. The van der Waals surface area contributed by atoms with E-state index >= 15 is 0 Å². The van der Waals surface area contributed by atoms with Crippen LogP contribution in [0, 0.1) is 11.3 Å². The van der Waals surface area contributed by atoms with Gasteiger partial charge in [0.15, 0.2) is 5.13 Å². The Labute approximate surface area is 148 Å². The van der Waals surface area contributed by atoms with Crippen LogP contribution in [-0.4, -0.2) is 22.1 Å². The van der Waals surface area contributed by atoms with E-state index in [1.165, 1.54) is 11.3 Å². The molecule has 0 amide bonds. The molecule has 0 saturated carbocycles. The Hall–Kier alpha value is -1.35. The van der Waals surface area contributed by atoms with E-state index in [1.807, 2.05) is 6.07 Å². The molecule has 2 saturated heterocycles. The van der Waals surface area contributed by atoms with E-state index in [0.29, 0.717) is 21.4 Å². The Morgan fingerprint density at radius 1 is 1.22 bits per heavy atom. The fourth-order valence-corrected chi connectivity index (χ4v) is 5.21. The molecule has 7 heteroatoms. The van der Waals surface area contributed by atoms with Crippen molar-refractivity contribution in [3.63, 3.8) is 0 Å². The number of nitriles is 1. The zero-order valence-electron chi connectivity index (χ0n) is 12.2. The molecule has 2 fully saturated rings. The average molecular weight is 365 g/mol. The topological polar surface area (TPSA) is 52.8 Å². The van der Waals surface area contributed by atoms with Crippen LogP contribution in [0.3, 0.4) is 0 Å². The third-order valence-electron chi connectivity index (χ3n) is 4.95. The first-order valence-electron chi connectivity index (χ1n) is 7.53. The Kier molecular flexibility index (Phi) is 3.72. The van der Waals surface area contributed by atoms with Crippen molar-refractivity contribution >= 4 is 39.7 Å². The van der Waals surface area contributed by atoms with Crippen molar-refractivity contribution in [2.45, 2.75) is 43.2 Å². The van der Waals surface area contributed by atoms with Crippen molar-refractivity contribution in [3.8, 4) is 6.07 Å². The zero-order valence-corrected chi connectivity index (χ0v) is 14.6. The molecule has 0 spiro atoms. The summed E-state index contributed by atoms with van der Waals surface area (Å²) in [6.45, 7) is 0. The highest BCUT2D eigenvalue weighted by molar-refractivity contribution is 7.19. The predicted octanol–water partition coefficient (Wildman–Crippen LogP) is 4.44. The van der Waals surface area contributed by atoms with Crippen molar-refractivity contribution in [3.05, 3.63) is 39.6 Å². The summed E-state index contributed by atoms with van der Waals surface area (Å²) in [7, 11) is 0. The molecular formula is C16H14Cl2N4S. The fourth-order valence-electron chi connectivity index (χ4n) is 3.99. The van der Waals surface area contributed by atoms with Gasteiger partial charge in [-0.15, -0.1) is 0 Å². The van der Waals surface area contributed by atoms with Crippen LogP contribution < -0.4 is 4.90 Å². The maximum Gasteiger partial charge on any atom is 0.187 e. The number of halogens is 2. The number of nitrogens with zero attached hydrogens (tertiary/aromatic N) is 4. The summed E-state index contributed by atoms with van der Waals surface area (Å²) in [6.07, 6.45) is 8.81. The van der Waals surface area contributed by atoms with Crippen molar-refractivity contribution in [2.75, 3.05) is 4.90 Å². The maximum atomic E-state index is 9.94. The van der Waals surface area contributed by atoms with Gasteiger partial charge in [-0.2, -0.15) is 5.26 Å². The first-order chi connectivity index (χ1) is 11.1. The predicted molar refractivity (Wildman–Crippen MR) is 92.2 cm³/mol. The number of piperidine rings is 1. The molecule has 0 aromatic carbocycles. The summed E-state index contributed by atoms with van der Waals surface area (Å²) in [5.41, 5.74) is 0.419. The largest absolute Gasteiger partial charge is 0.342 e. The molecule has 118 valence electrons. The van der Waals surface area contributed by atoms with Crippen LogP contribution in [0.2, 0.25) is 9.36 Å². The third-order valence-corrected chi connectivity index (χ3v) is 6.28. The van der Waals surface area contributed by atoms with Crippen LogP contribution >= 0.6 is 34.5 Å². The molecule has 2 atom stereocenters. The average Bonchev–Trinajstić information content (AvgIpc) is 3.08.